The first-order chi connectivity index (χ1) is 8.29. The Morgan fingerprint density at radius 3 is 2.33 bits per heavy atom. The molecular weight excluding hydrogens is 242 g/mol. The predicted octanol–water partition coefficient (Wildman–Crippen LogP) is 2.33. The number of rotatable bonds is 2. The summed E-state index contributed by atoms with van der Waals surface area (Å²) < 4.78 is 31.0. The van der Waals surface area contributed by atoms with Gasteiger partial charge in [-0.3, -0.25) is 4.79 Å². The summed E-state index contributed by atoms with van der Waals surface area (Å²) in [5.74, 6) is -4.44. The van der Waals surface area contributed by atoms with E-state index in [1.807, 2.05) is 0 Å². The van der Waals surface area contributed by atoms with Crippen LogP contribution in [0.15, 0.2) is 0 Å². The number of halogens is 2. The van der Waals surface area contributed by atoms with Gasteiger partial charge in [-0.15, -0.1) is 0 Å². The van der Waals surface area contributed by atoms with E-state index in [1.165, 1.54) is 0 Å². The summed E-state index contributed by atoms with van der Waals surface area (Å²) in [7, 11) is 0. The van der Waals surface area contributed by atoms with Crippen molar-refractivity contribution in [2.24, 2.45) is 17.8 Å². The number of hydrogen-bond donors (Lipinski definition) is 0. The zero-order valence-electron chi connectivity index (χ0n) is 10.2. The van der Waals surface area contributed by atoms with Gasteiger partial charge in [-0.05, 0) is 38.0 Å². The smallest absolute Gasteiger partial charge is 0.377 e. The van der Waals surface area contributed by atoms with Gasteiger partial charge in [0.2, 0.25) is 0 Å². The van der Waals surface area contributed by atoms with Gasteiger partial charge >= 0.3 is 11.9 Å². The van der Waals surface area contributed by atoms with Crippen LogP contribution >= 0.6 is 0 Å². The Bertz CT molecular complexity index is 395. The highest BCUT2D eigenvalue weighted by Gasteiger charge is 2.58. The second-order valence-electron chi connectivity index (χ2n) is 6.21. The average molecular weight is 258 g/mol. The first-order valence-electron chi connectivity index (χ1n) is 6.44. The molecule has 5 heteroatoms. The fourth-order valence-electron chi connectivity index (χ4n) is 4.09. The van der Waals surface area contributed by atoms with E-state index >= 15 is 0 Å². The largest absolute Gasteiger partial charge is 0.455 e. The molecule has 0 aromatic carbocycles. The van der Waals surface area contributed by atoms with E-state index in [4.69, 9.17) is 4.74 Å². The highest BCUT2D eigenvalue weighted by molar-refractivity contribution is 5.86. The Balaban J connectivity index is 1.81. The van der Waals surface area contributed by atoms with Crippen molar-refractivity contribution < 1.29 is 23.1 Å². The molecular formula is C13H16F2O3. The fraction of sp³-hybridized carbons (Fsp3) is 0.846. The van der Waals surface area contributed by atoms with Crippen LogP contribution in [-0.4, -0.2) is 23.3 Å². The zero-order chi connectivity index (χ0) is 13.1. The molecule has 4 rings (SSSR count). The summed E-state index contributed by atoms with van der Waals surface area (Å²) in [5.41, 5.74) is -0.791. The molecule has 0 aromatic heterocycles. The van der Waals surface area contributed by atoms with Crippen LogP contribution < -0.4 is 0 Å². The van der Waals surface area contributed by atoms with E-state index in [0.29, 0.717) is 32.1 Å². The maximum Gasteiger partial charge on any atom is 0.377 e. The van der Waals surface area contributed by atoms with Crippen molar-refractivity contribution in [3.63, 3.8) is 0 Å². The van der Waals surface area contributed by atoms with Crippen molar-refractivity contribution in [3.8, 4) is 0 Å². The summed E-state index contributed by atoms with van der Waals surface area (Å²) in [6.45, 7) is 0.557. The van der Waals surface area contributed by atoms with Gasteiger partial charge in [0.25, 0.3) is 0 Å². The Kier molecular flexibility index (Phi) is 2.35. The van der Waals surface area contributed by atoms with Crippen LogP contribution in [-0.2, 0) is 14.3 Å². The molecule has 0 saturated heterocycles. The summed E-state index contributed by atoms with van der Waals surface area (Å²) in [6, 6.07) is 0. The van der Waals surface area contributed by atoms with Gasteiger partial charge in [0, 0.05) is 18.8 Å². The number of carbonyl (C=O) groups excluding carboxylic acids is 2. The third-order valence-corrected chi connectivity index (χ3v) is 4.61. The average Bonchev–Trinajstić information content (AvgIpc) is 2.22. The van der Waals surface area contributed by atoms with Crippen LogP contribution in [0.25, 0.3) is 0 Å². The van der Waals surface area contributed by atoms with Gasteiger partial charge < -0.3 is 4.74 Å². The normalized spacial score (nSPS) is 42.2. The van der Waals surface area contributed by atoms with Crippen molar-refractivity contribution in [1.29, 1.82) is 0 Å². The van der Waals surface area contributed by atoms with Gasteiger partial charge in [-0.1, -0.05) is 0 Å². The standard InChI is InChI=1S/C13H16F2O3/c1-12(14,15)11(17)18-13-4-7-2-8(5-13)10(16)9(3-7)6-13/h7-9H,2-6H2,1H3. The van der Waals surface area contributed by atoms with E-state index in [0.717, 1.165) is 12.8 Å². The maximum absolute atomic E-state index is 12.9. The van der Waals surface area contributed by atoms with Crippen molar-refractivity contribution in [2.45, 2.75) is 50.6 Å². The SMILES string of the molecule is CC(F)(F)C(=O)OC12CC3CC(C1)C(=O)C(C3)C2. The lowest BCUT2D eigenvalue weighted by molar-refractivity contribution is -0.207. The molecule has 4 fully saturated rings. The van der Waals surface area contributed by atoms with Gasteiger partial charge in [-0.2, -0.15) is 8.78 Å². The van der Waals surface area contributed by atoms with E-state index in [1.54, 1.807) is 0 Å². The van der Waals surface area contributed by atoms with Crippen molar-refractivity contribution in [1.82, 2.24) is 0 Å². The zero-order valence-corrected chi connectivity index (χ0v) is 10.2. The number of ether oxygens (including phenoxy) is 1. The molecule has 4 aliphatic carbocycles. The highest BCUT2D eigenvalue weighted by atomic mass is 19.3. The van der Waals surface area contributed by atoms with Crippen LogP contribution in [0.3, 0.4) is 0 Å². The summed E-state index contributed by atoms with van der Waals surface area (Å²) in [4.78, 5) is 23.3. The number of hydrogen-bond acceptors (Lipinski definition) is 3. The summed E-state index contributed by atoms with van der Waals surface area (Å²) in [6.07, 6.45) is 3.23. The lowest BCUT2D eigenvalue weighted by Crippen LogP contribution is -2.57. The molecule has 0 radical (unpaired) electrons. The Hall–Kier alpha value is -1.00. The molecule has 0 N–H and O–H groups in total. The van der Waals surface area contributed by atoms with E-state index in [2.05, 4.69) is 0 Å². The van der Waals surface area contributed by atoms with Gasteiger partial charge in [0.15, 0.2) is 0 Å². The summed E-state index contributed by atoms with van der Waals surface area (Å²) >= 11 is 0. The number of alkyl halides is 2. The minimum absolute atomic E-state index is 0.0745. The van der Waals surface area contributed by atoms with Gasteiger partial charge in [0.1, 0.15) is 11.4 Å². The molecule has 100 valence electrons. The van der Waals surface area contributed by atoms with Crippen LogP contribution in [0.2, 0.25) is 0 Å². The molecule has 4 saturated carbocycles. The molecule has 4 bridgehead atoms. The van der Waals surface area contributed by atoms with E-state index in [9.17, 15) is 18.4 Å². The molecule has 0 aliphatic heterocycles. The van der Waals surface area contributed by atoms with Crippen LogP contribution in [0.4, 0.5) is 8.78 Å². The Morgan fingerprint density at radius 2 is 1.83 bits per heavy atom. The van der Waals surface area contributed by atoms with Gasteiger partial charge in [-0.25, -0.2) is 4.79 Å². The molecule has 0 amide bonds. The fourth-order valence-corrected chi connectivity index (χ4v) is 4.09. The first-order valence-corrected chi connectivity index (χ1v) is 6.44. The monoisotopic (exact) mass is 258 g/mol. The molecule has 0 aromatic rings. The third-order valence-electron chi connectivity index (χ3n) is 4.61. The molecule has 0 heterocycles. The predicted molar refractivity (Wildman–Crippen MR) is 58.0 cm³/mol. The highest BCUT2D eigenvalue weighted by Crippen LogP contribution is 2.55. The van der Waals surface area contributed by atoms with E-state index in [-0.39, 0.29) is 17.6 Å². The number of esters is 1. The molecule has 2 unspecified atom stereocenters. The molecule has 4 aliphatic rings. The minimum atomic E-state index is -3.45. The number of carbonyl (C=O) groups is 2. The topological polar surface area (TPSA) is 43.4 Å². The van der Waals surface area contributed by atoms with Crippen LogP contribution in [0, 0.1) is 17.8 Å². The van der Waals surface area contributed by atoms with Gasteiger partial charge in [0.05, 0.1) is 0 Å². The lowest BCUT2D eigenvalue weighted by atomic mass is 9.53. The van der Waals surface area contributed by atoms with Crippen molar-refractivity contribution in [2.75, 3.05) is 0 Å². The Labute approximate surface area is 104 Å². The minimum Gasteiger partial charge on any atom is -0.455 e. The quantitative estimate of drug-likeness (QED) is 0.714. The molecule has 18 heavy (non-hydrogen) atoms. The molecule has 0 spiro atoms. The van der Waals surface area contributed by atoms with E-state index < -0.39 is 17.5 Å². The Morgan fingerprint density at radius 1 is 1.28 bits per heavy atom. The molecule has 3 nitrogen and oxygen atoms in total. The second kappa shape index (κ2) is 3.52. The number of Topliss-reactive ketones (excluding diaryl/α,β-unsaturated/α-hetero) is 1. The first kappa shape index (κ1) is 12.1. The third kappa shape index (κ3) is 1.75. The summed E-state index contributed by atoms with van der Waals surface area (Å²) in [5, 5.41) is 0. The molecule has 2 atom stereocenters. The second-order valence-corrected chi connectivity index (χ2v) is 6.21. The lowest BCUT2D eigenvalue weighted by Gasteiger charge is -2.54. The van der Waals surface area contributed by atoms with Crippen LogP contribution in [0.5, 0.6) is 0 Å². The van der Waals surface area contributed by atoms with Crippen molar-refractivity contribution in [3.05, 3.63) is 0 Å². The maximum atomic E-state index is 12.9. The number of ketones is 1. The van der Waals surface area contributed by atoms with Crippen molar-refractivity contribution >= 4 is 11.8 Å². The van der Waals surface area contributed by atoms with Crippen LogP contribution in [0.1, 0.15) is 39.0 Å².